The minimum Gasteiger partial charge on any atom is -0.355 e. The van der Waals surface area contributed by atoms with E-state index in [4.69, 9.17) is 5.26 Å². The van der Waals surface area contributed by atoms with E-state index in [-0.39, 0.29) is 5.41 Å². The number of fused-ring (bicyclic) bond motifs is 1. The number of hydrogen-bond donors (Lipinski definition) is 0. The molecule has 3 heterocycles. The summed E-state index contributed by atoms with van der Waals surface area (Å²) in [5.41, 5.74) is 0.438. The lowest BCUT2D eigenvalue weighted by Gasteiger charge is -2.35. The number of anilines is 1. The molecular weight excluding hydrogens is 230 g/mol. The highest BCUT2D eigenvalue weighted by Gasteiger charge is 2.30. The number of nitriles is 1. The van der Waals surface area contributed by atoms with E-state index in [9.17, 15) is 0 Å². The molecule has 18 heavy (non-hydrogen) atoms. The first-order chi connectivity index (χ1) is 8.70. The fourth-order valence-corrected chi connectivity index (χ4v) is 2.15. The number of hydrogen-bond acceptors (Lipinski definition) is 6. The summed E-state index contributed by atoms with van der Waals surface area (Å²) >= 11 is 0. The molecule has 0 saturated carbocycles. The first-order valence-corrected chi connectivity index (χ1v) is 5.92. The molecule has 7 nitrogen and oxygen atoms in total. The van der Waals surface area contributed by atoms with Gasteiger partial charge >= 0.3 is 0 Å². The Morgan fingerprint density at radius 3 is 2.83 bits per heavy atom. The van der Waals surface area contributed by atoms with Crippen molar-refractivity contribution in [1.29, 1.82) is 5.26 Å². The van der Waals surface area contributed by atoms with Gasteiger partial charge in [0, 0.05) is 13.1 Å². The molecule has 0 atom stereocenters. The smallest absolute Gasteiger partial charge is 0.200 e. The van der Waals surface area contributed by atoms with Crippen LogP contribution < -0.4 is 4.90 Å². The van der Waals surface area contributed by atoms with Crippen molar-refractivity contribution >= 4 is 11.5 Å². The van der Waals surface area contributed by atoms with Crippen LogP contribution in [0.15, 0.2) is 12.1 Å². The van der Waals surface area contributed by atoms with Gasteiger partial charge in [0.2, 0.25) is 0 Å². The molecule has 0 unspecified atom stereocenters. The molecule has 0 aliphatic carbocycles. The topological polar surface area (TPSA) is 83.0 Å². The molecule has 1 aliphatic rings. The summed E-state index contributed by atoms with van der Waals surface area (Å²) in [6, 6.07) is 6.16. The average Bonchev–Trinajstić information content (AvgIpc) is 2.87. The van der Waals surface area contributed by atoms with E-state index in [1.54, 1.807) is 0 Å². The summed E-state index contributed by atoms with van der Waals surface area (Å²) in [5, 5.41) is 24.6. The second-order valence-corrected chi connectivity index (χ2v) is 4.88. The molecule has 0 bridgehead atoms. The van der Waals surface area contributed by atoms with Gasteiger partial charge in [-0.3, -0.25) is 0 Å². The molecule has 2 aromatic rings. The van der Waals surface area contributed by atoms with E-state index in [0.717, 1.165) is 31.7 Å². The summed E-state index contributed by atoms with van der Waals surface area (Å²) < 4.78 is 1.42. The predicted octanol–water partition coefficient (Wildman–Crippen LogP) is 0.649. The second-order valence-electron chi connectivity index (χ2n) is 4.88. The maximum atomic E-state index is 9.11. The van der Waals surface area contributed by atoms with Crippen molar-refractivity contribution in [2.75, 3.05) is 18.0 Å². The van der Waals surface area contributed by atoms with Crippen molar-refractivity contribution in [1.82, 2.24) is 25.3 Å². The Bertz CT molecular complexity index is 603. The molecule has 0 radical (unpaired) electrons. The van der Waals surface area contributed by atoms with E-state index in [1.165, 1.54) is 4.63 Å². The number of rotatable bonds is 1. The SMILES string of the molecule is CC1(C#N)CCN(c2ccc3nnnn3n2)CC1. The normalized spacial score (nSPS) is 18.8. The number of piperidine rings is 1. The van der Waals surface area contributed by atoms with Crippen LogP contribution in [0.5, 0.6) is 0 Å². The lowest BCUT2D eigenvalue weighted by molar-refractivity contribution is 0.335. The Balaban J connectivity index is 1.82. The Hall–Kier alpha value is -2.23. The van der Waals surface area contributed by atoms with E-state index < -0.39 is 0 Å². The Morgan fingerprint density at radius 1 is 1.33 bits per heavy atom. The van der Waals surface area contributed by atoms with Crippen LogP contribution in [-0.2, 0) is 0 Å². The zero-order valence-corrected chi connectivity index (χ0v) is 10.1. The highest BCUT2D eigenvalue weighted by Crippen LogP contribution is 2.31. The quantitative estimate of drug-likeness (QED) is 0.731. The third kappa shape index (κ3) is 1.76. The van der Waals surface area contributed by atoms with Gasteiger partial charge in [0.1, 0.15) is 0 Å². The van der Waals surface area contributed by atoms with Crippen molar-refractivity contribution in [3.8, 4) is 6.07 Å². The molecule has 1 aliphatic heterocycles. The molecule has 2 aromatic heterocycles. The molecule has 0 amide bonds. The number of aromatic nitrogens is 5. The van der Waals surface area contributed by atoms with Crippen molar-refractivity contribution in [3.05, 3.63) is 12.1 Å². The second kappa shape index (κ2) is 3.91. The van der Waals surface area contributed by atoms with Crippen LogP contribution in [0.4, 0.5) is 5.82 Å². The molecule has 0 N–H and O–H groups in total. The highest BCUT2D eigenvalue weighted by molar-refractivity contribution is 5.44. The van der Waals surface area contributed by atoms with Crippen LogP contribution in [0.3, 0.4) is 0 Å². The van der Waals surface area contributed by atoms with Gasteiger partial charge in [-0.2, -0.15) is 5.26 Å². The third-order valence-corrected chi connectivity index (χ3v) is 3.52. The van der Waals surface area contributed by atoms with E-state index in [0.29, 0.717) is 5.65 Å². The van der Waals surface area contributed by atoms with Crippen LogP contribution in [0.25, 0.3) is 5.65 Å². The molecule has 92 valence electrons. The van der Waals surface area contributed by atoms with Crippen LogP contribution in [0.1, 0.15) is 19.8 Å². The van der Waals surface area contributed by atoms with E-state index >= 15 is 0 Å². The zero-order chi connectivity index (χ0) is 12.6. The van der Waals surface area contributed by atoms with Crippen molar-refractivity contribution in [3.63, 3.8) is 0 Å². The fraction of sp³-hybridized carbons (Fsp3) is 0.545. The minimum absolute atomic E-state index is 0.199. The summed E-state index contributed by atoms with van der Waals surface area (Å²) in [6.07, 6.45) is 1.72. The molecule has 1 saturated heterocycles. The monoisotopic (exact) mass is 243 g/mol. The first kappa shape index (κ1) is 10.9. The summed E-state index contributed by atoms with van der Waals surface area (Å²) in [7, 11) is 0. The lowest BCUT2D eigenvalue weighted by atomic mass is 9.82. The van der Waals surface area contributed by atoms with Crippen molar-refractivity contribution in [2.45, 2.75) is 19.8 Å². The lowest BCUT2D eigenvalue weighted by Crippen LogP contribution is -2.38. The van der Waals surface area contributed by atoms with Crippen LogP contribution in [0.2, 0.25) is 0 Å². The van der Waals surface area contributed by atoms with Gasteiger partial charge in [0.05, 0.1) is 11.5 Å². The van der Waals surface area contributed by atoms with Crippen molar-refractivity contribution < 1.29 is 0 Å². The van der Waals surface area contributed by atoms with E-state index in [1.807, 2.05) is 19.1 Å². The Labute approximate surface area is 104 Å². The van der Waals surface area contributed by atoms with Crippen molar-refractivity contribution in [2.24, 2.45) is 5.41 Å². The van der Waals surface area contributed by atoms with Gasteiger partial charge in [0.15, 0.2) is 11.5 Å². The van der Waals surface area contributed by atoms with Gasteiger partial charge < -0.3 is 4.90 Å². The Kier molecular flexibility index (Phi) is 2.37. The standard InChI is InChI=1S/C11H13N7/c1-11(8-12)4-6-17(7-5-11)10-3-2-9-13-15-16-18(9)14-10/h2-3H,4-7H2,1H3. The highest BCUT2D eigenvalue weighted by atomic mass is 15.6. The van der Waals surface area contributed by atoms with Crippen LogP contribution in [-0.4, -0.2) is 38.3 Å². The largest absolute Gasteiger partial charge is 0.355 e. The maximum Gasteiger partial charge on any atom is 0.200 e. The molecule has 3 rings (SSSR count). The van der Waals surface area contributed by atoms with Crippen LogP contribution >= 0.6 is 0 Å². The fourth-order valence-electron chi connectivity index (χ4n) is 2.15. The van der Waals surface area contributed by atoms with Crippen LogP contribution in [0, 0.1) is 16.7 Å². The summed E-state index contributed by atoms with van der Waals surface area (Å²) in [5.74, 6) is 0.856. The zero-order valence-electron chi connectivity index (χ0n) is 10.1. The van der Waals surface area contributed by atoms with Gasteiger partial charge in [-0.05, 0) is 42.3 Å². The Morgan fingerprint density at radius 2 is 2.11 bits per heavy atom. The number of tetrazole rings is 1. The van der Waals surface area contributed by atoms with Gasteiger partial charge in [-0.15, -0.1) is 14.8 Å². The molecular formula is C11H13N7. The first-order valence-electron chi connectivity index (χ1n) is 5.92. The average molecular weight is 243 g/mol. The predicted molar refractivity (Wildman–Crippen MR) is 63.7 cm³/mol. The van der Waals surface area contributed by atoms with E-state index in [2.05, 4.69) is 31.6 Å². The third-order valence-electron chi connectivity index (χ3n) is 3.52. The number of nitrogens with zero attached hydrogens (tertiary/aromatic N) is 7. The summed E-state index contributed by atoms with van der Waals surface area (Å²) in [6.45, 7) is 3.69. The summed E-state index contributed by atoms with van der Waals surface area (Å²) in [4.78, 5) is 2.17. The minimum atomic E-state index is -0.199. The molecule has 1 fully saturated rings. The maximum absolute atomic E-state index is 9.11. The van der Waals surface area contributed by atoms with Gasteiger partial charge in [-0.25, -0.2) is 0 Å². The van der Waals surface area contributed by atoms with Gasteiger partial charge in [-0.1, -0.05) is 0 Å². The molecule has 7 heteroatoms. The molecule has 0 spiro atoms. The molecule has 0 aromatic carbocycles. The van der Waals surface area contributed by atoms with Gasteiger partial charge in [0.25, 0.3) is 0 Å².